The molecule has 0 aliphatic carbocycles. The average Bonchev–Trinajstić information content (AvgIpc) is 2.77. The van der Waals surface area contributed by atoms with Crippen LogP contribution < -0.4 is 9.47 Å². The molecule has 0 aromatic heterocycles. The lowest BCUT2D eigenvalue weighted by atomic mass is 10.1. The summed E-state index contributed by atoms with van der Waals surface area (Å²) in [4.78, 5) is 25.3. The summed E-state index contributed by atoms with van der Waals surface area (Å²) >= 11 is 0. The number of ether oxygens (including phenoxy) is 2. The average molecular weight is 398 g/mol. The molecule has 0 spiro atoms. The molecular weight excluding hydrogens is 376 g/mol. The highest BCUT2D eigenvalue weighted by atomic mass is 16.5. The van der Waals surface area contributed by atoms with Crippen molar-refractivity contribution in [3.8, 4) is 11.5 Å². The van der Waals surface area contributed by atoms with Crippen LogP contribution in [-0.4, -0.2) is 11.9 Å². The SMILES string of the molecule is C=CCc1ccc(OC(=O)c2ccccc2C(=O)Oc2ccc(CC=C)cc2)cc1. The van der Waals surface area contributed by atoms with Crippen LogP contribution in [-0.2, 0) is 12.8 Å². The molecule has 0 fully saturated rings. The number of hydrogen-bond donors (Lipinski definition) is 0. The minimum Gasteiger partial charge on any atom is -0.423 e. The number of esters is 2. The van der Waals surface area contributed by atoms with Gasteiger partial charge in [0.05, 0.1) is 11.1 Å². The fraction of sp³-hybridized carbons (Fsp3) is 0.0769. The van der Waals surface area contributed by atoms with Crippen LogP contribution in [0.3, 0.4) is 0 Å². The first-order valence-corrected chi connectivity index (χ1v) is 9.53. The van der Waals surface area contributed by atoms with Crippen LogP contribution >= 0.6 is 0 Å². The summed E-state index contributed by atoms with van der Waals surface area (Å²) in [6.45, 7) is 7.40. The van der Waals surface area contributed by atoms with Crippen molar-refractivity contribution in [1.29, 1.82) is 0 Å². The lowest BCUT2D eigenvalue weighted by Gasteiger charge is -2.10. The van der Waals surface area contributed by atoms with E-state index < -0.39 is 11.9 Å². The van der Waals surface area contributed by atoms with E-state index in [1.54, 1.807) is 48.6 Å². The summed E-state index contributed by atoms with van der Waals surface area (Å²) < 4.78 is 10.9. The molecule has 0 atom stereocenters. The van der Waals surface area contributed by atoms with Gasteiger partial charge in [0.1, 0.15) is 11.5 Å². The van der Waals surface area contributed by atoms with E-state index >= 15 is 0 Å². The van der Waals surface area contributed by atoms with E-state index in [2.05, 4.69) is 13.2 Å². The van der Waals surface area contributed by atoms with Crippen molar-refractivity contribution in [2.75, 3.05) is 0 Å². The van der Waals surface area contributed by atoms with Crippen LogP contribution in [0.1, 0.15) is 31.8 Å². The summed E-state index contributed by atoms with van der Waals surface area (Å²) in [7, 11) is 0. The number of benzene rings is 3. The van der Waals surface area contributed by atoms with Gasteiger partial charge >= 0.3 is 11.9 Å². The van der Waals surface area contributed by atoms with Crippen LogP contribution in [0.2, 0.25) is 0 Å². The van der Waals surface area contributed by atoms with Crippen LogP contribution in [0.15, 0.2) is 98.1 Å². The molecule has 3 aromatic carbocycles. The standard InChI is InChI=1S/C26H22O4/c1-3-7-19-11-15-21(16-12-19)29-25(27)23-9-5-6-10-24(23)26(28)30-22-17-13-20(8-4-2)14-18-22/h3-6,9-18H,1-2,7-8H2. The number of allylic oxidation sites excluding steroid dienone is 2. The van der Waals surface area contributed by atoms with Crippen LogP contribution in [0.4, 0.5) is 0 Å². The minimum absolute atomic E-state index is 0.140. The summed E-state index contributed by atoms with van der Waals surface area (Å²) in [5.41, 5.74) is 2.41. The predicted octanol–water partition coefficient (Wildman–Crippen LogP) is 5.58. The van der Waals surface area contributed by atoms with Gasteiger partial charge in [0.2, 0.25) is 0 Å². The molecule has 3 aromatic rings. The largest absolute Gasteiger partial charge is 0.423 e. The summed E-state index contributed by atoms with van der Waals surface area (Å²) in [5, 5.41) is 0. The van der Waals surface area contributed by atoms with Crippen molar-refractivity contribution >= 4 is 11.9 Å². The Bertz CT molecular complexity index is 961. The van der Waals surface area contributed by atoms with Crippen molar-refractivity contribution in [2.45, 2.75) is 12.8 Å². The third-order valence-corrected chi connectivity index (χ3v) is 4.39. The van der Waals surface area contributed by atoms with E-state index in [-0.39, 0.29) is 11.1 Å². The highest BCUT2D eigenvalue weighted by Gasteiger charge is 2.20. The fourth-order valence-electron chi connectivity index (χ4n) is 2.88. The zero-order valence-corrected chi connectivity index (χ0v) is 16.5. The van der Waals surface area contributed by atoms with Crippen LogP contribution in [0.5, 0.6) is 11.5 Å². The monoisotopic (exact) mass is 398 g/mol. The predicted molar refractivity (Wildman–Crippen MR) is 117 cm³/mol. The zero-order valence-electron chi connectivity index (χ0n) is 16.5. The maximum absolute atomic E-state index is 12.7. The smallest absolute Gasteiger partial charge is 0.344 e. The molecule has 30 heavy (non-hydrogen) atoms. The third kappa shape index (κ3) is 5.32. The van der Waals surface area contributed by atoms with Crippen molar-refractivity contribution in [2.24, 2.45) is 0 Å². The zero-order chi connectivity index (χ0) is 21.3. The van der Waals surface area contributed by atoms with Gasteiger partial charge in [-0.2, -0.15) is 0 Å². The number of carbonyl (C=O) groups is 2. The second-order valence-electron chi connectivity index (χ2n) is 6.60. The molecule has 0 saturated carbocycles. The molecule has 0 heterocycles. The minimum atomic E-state index is -0.625. The number of carbonyl (C=O) groups excluding carboxylic acids is 2. The van der Waals surface area contributed by atoms with E-state index in [4.69, 9.17) is 9.47 Å². The van der Waals surface area contributed by atoms with Gasteiger partial charge in [0, 0.05) is 0 Å². The second kappa shape index (κ2) is 10.0. The van der Waals surface area contributed by atoms with Gasteiger partial charge in [-0.15, -0.1) is 13.2 Å². The molecule has 3 rings (SSSR count). The molecule has 4 heteroatoms. The molecule has 0 aliphatic heterocycles. The topological polar surface area (TPSA) is 52.6 Å². The van der Waals surface area contributed by atoms with Crippen LogP contribution in [0.25, 0.3) is 0 Å². The summed E-state index contributed by atoms with van der Waals surface area (Å²) in [6, 6.07) is 20.7. The van der Waals surface area contributed by atoms with E-state index in [1.807, 2.05) is 24.3 Å². The van der Waals surface area contributed by atoms with Gasteiger partial charge in [-0.3, -0.25) is 0 Å². The molecule has 4 nitrogen and oxygen atoms in total. The first-order valence-electron chi connectivity index (χ1n) is 9.53. The molecule has 0 N–H and O–H groups in total. The Hall–Kier alpha value is -3.92. The molecule has 0 aliphatic rings. The van der Waals surface area contributed by atoms with Crippen molar-refractivity contribution < 1.29 is 19.1 Å². The van der Waals surface area contributed by atoms with E-state index in [9.17, 15) is 9.59 Å². The quantitative estimate of drug-likeness (QED) is 0.282. The maximum atomic E-state index is 12.7. The van der Waals surface area contributed by atoms with Gasteiger partial charge in [-0.25, -0.2) is 9.59 Å². The Kier molecular flexibility index (Phi) is 6.95. The van der Waals surface area contributed by atoms with Crippen molar-refractivity contribution in [1.82, 2.24) is 0 Å². The normalized spacial score (nSPS) is 10.1. The summed E-state index contributed by atoms with van der Waals surface area (Å²) in [5.74, 6) is -0.455. The van der Waals surface area contributed by atoms with E-state index in [1.165, 1.54) is 12.1 Å². The Labute approximate surface area is 176 Å². The molecule has 0 radical (unpaired) electrons. The number of hydrogen-bond acceptors (Lipinski definition) is 4. The molecule has 0 amide bonds. The first-order chi connectivity index (χ1) is 14.6. The first kappa shape index (κ1) is 20.8. The summed E-state index contributed by atoms with van der Waals surface area (Å²) in [6.07, 6.45) is 5.07. The molecule has 150 valence electrons. The fourth-order valence-corrected chi connectivity index (χ4v) is 2.88. The van der Waals surface area contributed by atoms with Gasteiger partial charge in [-0.1, -0.05) is 48.6 Å². The van der Waals surface area contributed by atoms with Crippen LogP contribution in [0, 0.1) is 0 Å². The Morgan fingerprint density at radius 3 is 1.33 bits per heavy atom. The molecule has 0 unspecified atom stereocenters. The Balaban J connectivity index is 1.74. The number of rotatable bonds is 8. The second-order valence-corrected chi connectivity index (χ2v) is 6.60. The molecule has 0 bridgehead atoms. The Morgan fingerprint density at radius 2 is 1.00 bits per heavy atom. The van der Waals surface area contributed by atoms with E-state index in [0.29, 0.717) is 11.5 Å². The highest BCUT2D eigenvalue weighted by molar-refractivity contribution is 6.04. The van der Waals surface area contributed by atoms with Gasteiger partial charge in [0.25, 0.3) is 0 Å². The highest BCUT2D eigenvalue weighted by Crippen LogP contribution is 2.19. The van der Waals surface area contributed by atoms with E-state index in [0.717, 1.165) is 24.0 Å². The van der Waals surface area contributed by atoms with Crippen molar-refractivity contribution in [3.05, 3.63) is 120 Å². The maximum Gasteiger partial charge on any atom is 0.344 e. The molecule has 0 saturated heterocycles. The third-order valence-electron chi connectivity index (χ3n) is 4.39. The lowest BCUT2D eigenvalue weighted by molar-refractivity contribution is 0.0692. The lowest BCUT2D eigenvalue weighted by Crippen LogP contribution is -2.17. The van der Waals surface area contributed by atoms with Crippen molar-refractivity contribution in [3.63, 3.8) is 0 Å². The van der Waals surface area contributed by atoms with Gasteiger partial charge in [0.15, 0.2) is 0 Å². The Morgan fingerprint density at radius 1 is 0.633 bits per heavy atom. The van der Waals surface area contributed by atoms with Gasteiger partial charge < -0.3 is 9.47 Å². The van der Waals surface area contributed by atoms with Gasteiger partial charge in [-0.05, 0) is 60.4 Å². The molecular formula is C26H22O4.